The number of benzene rings is 1. The second-order valence-corrected chi connectivity index (χ2v) is 5.55. The highest BCUT2D eigenvalue weighted by atomic mass is 16.5. The first-order valence-corrected chi connectivity index (χ1v) is 7.38. The number of aliphatic hydroxyl groups excluding tert-OH is 1. The van der Waals surface area contributed by atoms with Crippen molar-refractivity contribution in [1.82, 2.24) is 9.88 Å². The molecule has 5 heteroatoms. The van der Waals surface area contributed by atoms with Crippen molar-refractivity contribution in [3.8, 4) is 17.2 Å². The lowest BCUT2D eigenvalue weighted by molar-refractivity contribution is 0.215. The molecule has 0 atom stereocenters. The standard InChI is InChI=1S/C17H24N2O3/c1-11-12(2)16(21-5)7-6-14(11)17-18-15(13(3)22-17)10-19(4)8-9-20/h6-7,20H,8-10H2,1-5H3. The van der Waals surface area contributed by atoms with Gasteiger partial charge in [-0.15, -0.1) is 0 Å². The third kappa shape index (κ3) is 3.31. The van der Waals surface area contributed by atoms with Crippen molar-refractivity contribution in [3.63, 3.8) is 0 Å². The first-order chi connectivity index (χ1) is 10.5. The van der Waals surface area contributed by atoms with Gasteiger partial charge in [0.25, 0.3) is 0 Å². The highest BCUT2D eigenvalue weighted by Gasteiger charge is 2.16. The Hall–Kier alpha value is -1.85. The van der Waals surface area contributed by atoms with Crippen molar-refractivity contribution < 1.29 is 14.3 Å². The second kappa shape index (κ2) is 6.94. The molecule has 1 aromatic carbocycles. The molecule has 2 aromatic rings. The number of aliphatic hydroxyl groups is 1. The van der Waals surface area contributed by atoms with Crippen LogP contribution in [-0.2, 0) is 6.54 Å². The SMILES string of the molecule is COc1ccc(-c2nc(CN(C)CCO)c(C)o2)c(C)c1C. The minimum Gasteiger partial charge on any atom is -0.496 e. The van der Waals surface area contributed by atoms with Crippen LogP contribution >= 0.6 is 0 Å². The fraction of sp³-hybridized carbons (Fsp3) is 0.471. The zero-order valence-electron chi connectivity index (χ0n) is 13.9. The van der Waals surface area contributed by atoms with Crippen molar-refractivity contribution in [3.05, 3.63) is 34.7 Å². The van der Waals surface area contributed by atoms with Gasteiger partial charge in [-0.2, -0.15) is 0 Å². The van der Waals surface area contributed by atoms with E-state index in [-0.39, 0.29) is 6.61 Å². The molecule has 1 N–H and O–H groups in total. The van der Waals surface area contributed by atoms with E-state index in [2.05, 4.69) is 4.98 Å². The number of likely N-dealkylation sites (N-methyl/N-ethyl adjacent to an activating group) is 1. The maximum absolute atomic E-state index is 8.99. The lowest BCUT2D eigenvalue weighted by Crippen LogP contribution is -2.22. The van der Waals surface area contributed by atoms with Crippen molar-refractivity contribution in [2.45, 2.75) is 27.3 Å². The van der Waals surface area contributed by atoms with Gasteiger partial charge in [-0.05, 0) is 51.1 Å². The van der Waals surface area contributed by atoms with Crippen LogP contribution in [0.3, 0.4) is 0 Å². The Labute approximate surface area is 131 Å². The van der Waals surface area contributed by atoms with Gasteiger partial charge >= 0.3 is 0 Å². The fourth-order valence-corrected chi connectivity index (χ4v) is 2.44. The molecule has 0 bridgehead atoms. The summed E-state index contributed by atoms with van der Waals surface area (Å²) in [5, 5.41) is 8.99. The number of oxazole rings is 1. The topological polar surface area (TPSA) is 58.7 Å². The largest absolute Gasteiger partial charge is 0.496 e. The van der Waals surface area contributed by atoms with E-state index in [4.69, 9.17) is 14.3 Å². The molecular weight excluding hydrogens is 280 g/mol. The number of hydrogen-bond acceptors (Lipinski definition) is 5. The Morgan fingerprint density at radius 3 is 2.59 bits per heavy atom. The number of rotatable bonds is 6. The van der Waals surface area contributed by atoms with E-state index >= 15 is 0 Å². The Bertz CT molecular complexity index is 650. The predicted octanol–water partition coefficient (Wildman–Crippen LogP) is 2.70. The zero-order chi connectivity index (χ0) is 16.3. The molecule has 0 aliphatic carbocycles. The van der Waals surface area contributed by atoms with Crippen LogP contribution in [0.5, 0.6) is 5.75 Å². The first-order valence-electron chi connectivity index (χ1n) is 7.38. The Kier molecular flexibility index (Phi) is 5.21. The molecule has 0 saturated carbocycles. The van der Waals surface area contributed by atoms with Crippen LogP contribution in [-0.4, -0.2) is 42.3 Å². The molecule has 1 heterocycles. The van der Waals surface area contributed by atoms with E-state index < -0.39 is 0 Å². The summed E-state index contributed by atoms with van der Waals surface area (Å²) in [6.45, 7) is 7.40. The van der Waals surface area contributed by atoms with Gasteiger partial charge in [-0.3, -0.25) is 4.90 Å². The van der Waals surface area contributed by atoms with Gasteiger partial charge in [0.15, 0.2) is 0 Å². The van der Waals surface area contributed by atoms with Crippen LogP contribution in [0.2, 0.25) is 0 Å². The van der Waals surface area contributed by atoms with Crippen molar-refractivity contribution >= 4 is 0 Å². The van der Waals surface area contributed by atoms with Crippen molar-refractivity contribution in [2.75, 3.05) is 27.3 Å². The van der Waals surface area contributed by atoms with Crippen molar-refractivity contribution in [2.24, 2.45) is 0 Å². The molecule has 0 saturated heterocycles. The third-order valence-electron chi connectivity index (χ3n) is 3.98. The minimum atomic E-state index is 0.136. The molecule has 120 valence electrons. The summed E-state index contributed by atoms with van der Waals surface area (Å²) < 4.78 is 11.2. The third-order valence-corrected chi connectivity index (χ3v) is 3.98. The Balaban J connectivity index is 2.33. The van der Waals surface area contributed by atoms with Crippen LogP contribution in [0.4, 0.5) is 0 Å². The number of ether oxygens (including phenoxy) is 1. The summed E-state index contributed by atoms with van der Waals surface area (Å²) in [4.78, 5) is 6.64. The molecule has 0 spiro atoms. The van der Waals surface area contributed by atoms with E-state index in [0.29, 0.717) is 19.0 Å². The number of aromatic nitrogens is 1. The summed E-state index contributed by atoms with van der Waals surface area (Å²) in [5.41, 5.74) is 4.09. The van der Waals surface area contributed by atoms with Crippen LogP contribution in [0.15, 0.2) is 16.5 Å². The minimum absolute atomic E-state index is 0.136. The summed E-state index contributed by atoms with van der Waals surface area (Å²) in [5.74, 6) is 2.31. The average Bonchev–Trinajstić information content (AvgIpc) is 2.83. The molecule has 0 aliphatic rings. The molecule has 0 fully saturated rings. The van der Waals surface area contributed by atoms with E-state index in [1.807, 2.05) is 44.9 Å². The summed E-state index contributed by atoms with van der Waals surface area (Å²) >= 11 is 0. The normalized spacial score (nSPS) is 11.2. The quantitative estimate of drug-likeness (QED) is 0.889. The van der Waals surface area contributed by atoms with Gasteiger partial charge in [0.05, 0.1) is 19.4 Å². The monoisotopic (exact) mass is 304 g/mol. The second-order valence-electron chi connectivity index (χ2n) is 5.55. The van der Waals surface area contributed by atoms with Gasteiger partial charge in [0.2, 0.25) is 5.89 Å². The molecule has 2 rings (SSSR count). The van der Waals surface area contributed by atoms with Crippen LogP contribution in [0.25, 0.3) is 11.5 Å². The van der Waals surface area contributed by atoms with Gasteiger partial charge in [0, 0.05) is 18.7 Å². The highest BCUT2D eigenvalue weighted by molar-refractivity contribution is 5.63. The predicted molar refractivity (Wildman–Crippen MR) is 86.1 cm³/mol. The highest BCUT2D eigenvalue weighted by Crippen LogP contribution is 2.31. The van der Waals surface area contributed by atoms with Gasteiger partial charge in [-0.1, -0.05) is 0 Å². The summed E-state index contributed by atoms with van der Waals surface area (Å²) in [7, 11) is 3.62. The summed E-state index contributed by atoms with van der Waals surface area (Å²) in [6.07, 6.45) is 0. The number of nitrogens with zero attached hydrogens (tertiary/aromatic N) is 2. The first kappa shape index (κ1) is 16.5. The van der Waals surface area contributed by atoms with Gasteiger partial charge < -0.3 is 14.3 Å². The Morgan fingerprint density at radius 1 is 1.23 bits per heavy atom. The molecule has 1 aromatic heterocycles. The molecule has 0 unspecified atom stereocenters. The summed E-state index contributed by atoms with van der Waals surface area (Å²) in [6, 6.07) is 3.92. The van der Waals surface area contributed by atoms with Crippen LogP contribution in [0.1, 0.15) is 22.6 Å². The lowest BCUT2D eigenvalue weighted by atomic mass is 10.0. The van der Waals surface area contributed by atoms with Gasteiger partial charge in [-0.25, -0.2) is 4.98 Å². The maximum Gasteiger partial charge on any atom is 0.226 e. The molecule has 22 heavy (non-hydrogen) atoms. The van der Waals surface area contributed by atoms with E-state index in [1.54, 1.807) is 7.11 Å². The van der Waals surface area contributed by atoms with Gasteiger partial charge in [0.1, 0.15) is 11.5 Å². The molecule has 5 nitrogen and oxygen atoms in total. The van der Waals surface area contributed by atoms with E-state index in [1.165, 1.54) is 0 Å². The van der Waals surface area contributed by atoms with Crippen molar-refractivity contribution in [1.29, 1.82) is 0 Å². The smallest absolute Gasteiger partial charge is 0.226 e. The van der Waals surface area contributed by atoms with E-state index in [0.717, 1.165) is 33.9 Å². The fourth-order valence-electron chi connectivity index (χ4n) is 2.44. The van der Waals surface area contributed by atoms with Crippen LogP contribution in [0, 0.1) is 20.8 Å². The number of hydrogen-bond donors (Lipinski definition) is 1. The van der Waals surface area contributed by atoms with Crippen LogP contribution < -0.4 is 4.74 Å². The number of methoxy groups -OCH3 is 1. The molecule has 0 radical (unpaired) electrons. The average molecular weight is 304 g/mol. The molecule has 0 amide bonds. The molecule has 0 aliphatic heterocycles. The zero-order valence-corrected chi connectivity index (χ0v) is 13.9. The Morgan fingerprint density at radius 2 is 1.95 bits per heavy atom. The number of aryl methyl sites for hydroxylation is 1. The molecular formula is C17H24N2O3. The van der Waals surface area contributed by atoms with E-state index in [9.17, 15) is 0 Å². The lowest BCUT2D eigenvalue weighted by Gasteiger charge is -2.12. The maximum atomic E-state index is 8.99.